The molecule has 0 aliphatic carbocycles. The summed E-state index contributed by atoms with van der Waals surface area (Å²) < 4.78 is 7.75. The van der Waals surface area contributed by atoms with Gasteiger partial charge in [0.05, 0.1) is 12.6 Å². The van der Waals surface area contributed by atoms with Gasteiger partial charge in [-0.3, -0.25) is 0 Å². The Morgan fingerprint density at radius 3 is 2.89 bits per heavy atom. The normalized spacial score (nSPS) is 19.0. The molecule has 2 aromatic rings. The SMILES string of the molecule is COc1cc(C)c2c(c1)c1c(n2C)CC(C)NC1. The summed E-state index contributed by atoms with van der Waals surface area (Å²) in [5.41, 5.74) is 5.53. The molecular weight excluding hydrogens is 224 g/mol. The number of aryl methyl sites for hydroxylation is 2. The maximum absolute atomic E-state index is 5.39. The molecule has 1 aromatic heterocycles. The number of benzene rings is 1. The Morgan fingerprint density at radius 2 is 2.17 bits per heavy atom. The van der Waals surface area contributed by atoms with Gasteiger partial charge in [-0.1, -0.05) is 0 Å². The summed E-state index contributed by atoms with van der Waals surface area (Å²) >= 11 is 0. The second-order valence-corrected chi connectivity index (χ2v) is 5.31. The van der Waals surface area contributed by atoms with Crippen LogP contribution in [-0.2, 0) is 20.0 Å². The Bertz CT molecular complexity index is 613. The van der Waals surface area contributed by atoms with Crippen molar-refractivity contribution in [2.45, 2.75) is 32.9 Å². The molecule has 96 valence electrons. The minimum atomic E-state index is 0.558. The fourth-order valence-electron chi connectivity index (χ4n) is 3.13. The minimum absolute atomic E-state index is 0.558. The molecule has 0 spiro atoms. The van der Waals surface area contributed by atoms with Crippen molar-refractivity contribution in [1.29, 1.82) is 0 Å². The van der Waals surface area contributed by atoms with Gasteiger partial charge in [0.25, 0.3) is 0 Å². The van der Waals surface area contributed by atoms with E-state index in [4.69, 9.17) is 4.74 Å². The van der Waals surface area contributed by atoms with Crippen LogP contribution in [0.25, 0.3) is 10.9 Å². The molecule has 1 atom stereocenters. The lowest BCUT2D eigenvalue weighted by Gasteiger charge is -2.21. The third kappa shape index (κ3) is 1.54. The molecule has 1 aromatic carbocycles. The van der Waals surface area contributed by atoms with Crippen LogP contribution in [0.15, 0.2) is 12.1 Å². The molecule has 3 nitrogen and oxygen atoms in total. The molecule has 1 unspecified atom stereocenters. The van der Waals surface area contributed by atoms with Crippen LogP contribution < -0.4 is 10.1 Å². The van der Waals surface area contributed by atoms with Crippen molar-refractivity contribution in [3.8, 4) is 5.75 Å². The van der Waals surface area contributed by atoms with E-state index in [1.807, 2.05) is 0 Å². The Hall–Kier alpha value is -1.48. The zero-order valence-electron chi connectivity index (χ0n) is 11.5. The van der Waals surface area contributed by atoms with Crippen LogP contribution in [0.3, 0.4) is 0 Å². The van der Waals surface area contributed by atoms with Gasteiger partial charge in [-0.15, -0.1) is 0 Å². The van der Waals surface area contributed by atoms with E-state index >= 15 is 0 Å². The molecule has 0 saturated heterocycles. The number of hydrogen-bond donors (Lipinski definition) is 1. The van der Waals surface area contributed by atoms with Gasteiger partial charge >= 0.3 is 0 Å². The number of nitrogens with zero attached hydrogens (tertiary/aromatic N) is 1. The molecule has 1 N–H and O–H groups in total. The minimum Gasteiger partial charge on any atom is -0.497 e. The number of methoxy groups -OCH3 is 1. The first kappa shape index (κ1) is 11.6. The van der Waals surface area contributed by atoms with Gasteiger partial charge < -0.3 is 14.6 Å². The fraction of sp³-hybridized carbons (Fsp3) is 0.467. The van der Waals surface area contributed by atoms with Crippen LogP contribution in [0.4, 0.5) is 0 Å². The number of nitrogens with one attached hydrogen (secondary N) is 1. The van der Waals surface area contributed by atoms with E-state index in [9.17, 15) is 0 Å². The van der Waals surface area contributed by atoms with Crippen molar-refractivity contribution in [3.63, 3.8) is 0 Å². The highest BCUT2D eigenvalue weighted by atomic mass is 16.5. The van der Waals surface area contributed by atoms with Gasteiger partial charge in [0.2, 0.25) is 0 Å². The first-order valence-corrected chi connectivity index (χ1v) is 6.50. The highest BCUT2D eigenvalue weighted by Crippen LogP contribution is 2.33. The number of fused-ring (bicyclic) bond motifs is 3. The Labute approximate surface area is 108 Å². The topological polar surface area (TPSA) is 26.2 Å². The van der Waals surface area contributed by atoms with Gasteiger partial charge in [-0.25, -0.2) is 0 Å². The molecule has 0 radical (unpaired) electrons. The smallest absolute Gasteiger partial charge is 0.119 e. The molecule has 1 aliphatic rings. The average molecular weight is 244 g/mol. The van der Waals surface area contributed by atoms with Crippen LogP contribution >= 0.6 is 0 Å². The lowest BCUT2D eigenvalue weighted by molar-refractivity contribution is 0.415. The predicted molar refractivity (Wildman–Crippen MR) is 74.2 cm³/mol. The quantitative estimate of drug-likeness (QED) is 0.834. The van der Waals surface area contributed by atoms with Gasteiger partial charge in [-0.2, -0.15) is 0 Å². The molecule has 0 amide bonds. The lowest BCUT2D eigenvalue weighted by Crippen LogP contribution is -2.33. The maximum atomic E-state index is 5.39. The van der Waals surface area contributed by atoms with Crippen molar-refractivity contribution in [2.75, 3.05) is 7.11 Å². The molecule has 0 saturated carbocycles. The van der Waals surface area contributed by atoms with E-state index in [2.05, 4.69) is 42.9 Å². The summed E-state index contributed by atoms with van der Waals surface area (Å²) in [4.78, 5) is 0. The molecular formula is C15H20N2O. The number of hydrogen-bond acceptors (Lipinski definition) is 2. The van der Waals surface area contributed by atoms with Gasteiger partial charge in [0.15, 0.2) is 0 Å². The van der Waals surface area contributed by atoms with Crippen LogP contribution in [-0.4, -0.2) is 17.7 Å². The van der Waals surface area contributed by atoms with Crippen molar-refractivity contribution >= 4 is 10.9 Å². The molecule has 1 aliphatic heterocycles. The number of ether oxygens (including phenoxy) is 1. The van der Waals surface area contributed by atoms with Crippen molar-refractivity contribution in [3.05, 3.63) is 29.0 Å². The van der Waals surface area contributed by atoms with Crippen LogP contribution in [0.1, 0.15) is 23.7 Å². The van der Waals surface area contributed by atoms with Crippen molar-refractivity contribution in [2.24, 2.45) is 7.05 Å². The Balaban J connectivity index is 2.33. The monoisotopic (exact) mass is 244 g/mol. The van der Waals surface area contributed by atoms with E-state index in [1.54, 1.807) is 7.11 Å². The molecule has 3 heteroatoms. The second kappa shape index (κ2) is 4.02. The van der Waals surface area contributed by atoms with Crippen molar-refractivity contribution < 1.29 is 4.74 Å². The van der Waals surface area contributed by atoms with E-state index in [0.717, 1.165) is 18.7 Å². The summed E-state index contributed by atoms with van der Waals surface area (Å²) in [5, 5.41) is 4.88. The van der Waals surface area contributed by atoms with Gasteiger partial charge in [-0.05, 0) is 37.1 Å². The van der Waals surface area contributed by atoms with Crippen LogP contribution in [0.5, 0.6) is 5.75 Å². The van der Waals surface area contributed by atoms with E-state index < -0.39 is 0 Å². The standard InChI is InChI=1S/C15H20N2O/c1-9-5-11(18-4)7-12-13-8-16-10(2)6-14(13)17(3)15(9)12/h5,7,10,16H,6,8H2,1-4H3. The molecule has 2 heterocycles. The fourth-order valence-corrected chi connectivity index (χ4v) is 3.13. The largest absolute Gasteiger partial charge is 0.497 e. The Morgan fingerprint density at radius 1 is 1.39 bits per heavy atom. The second-order valence-electron chi connectivity index (χ2n) is 5.31. The summed E-state index contributed by atoms with van der Waals surface area (Å²) in [5.74, 6) is 0.951. The molecule has 0 bridgehead atoms. The summed E-state index contributed by atoms with van der Waals surface area (Å²) in [7, 11) is 3.91. The third-order valence-corrected chi connectivity index (χ3v) is 4.05. The average Bonchev–Trinajstić information content (AvgIpc) is 2.63. The molecule has 18 heavy (non-hydrogen) atoms. The first-order chi connectivity index (χ1) is 8.61. The zero-order chi connectivity index (χ0) is 12.9. The van der Waals surface area contributed by atoms with E-state index in [-0.39, 0.29) is 0 Å². The van der Waals surface area contributed by atoms with E-state index in [0.29, 0.717) is 6.04 Å². The summed E-state index contributed by atoms with van der Waals surface area (Å²) in [6.45, 7) is 5.36. The van der Waals surface area contributed by atoms with Gasteiger partial charge in [0.1, 0.15) is 5.75 Å². The highest BCUT2D eigenvalue weighted by Gasteiger charge is 2.22. The predicted octanol–water partition coefficient (Wildman–Crippen LogP) is 2.53. The van der Waals surface area contributed by atoms with Crippen molar-refractivity contribution in [1.82, 2.24) is 9.88 Å². The molecule has 3 rings (SSSR count). The Kier molecular flexibility index (Phi) is 2.59. The number of aromatic nitrogens is 1. The summed E-state index contributed by atoms with van der Waals surface area (Å²) in [6, 6.07) is 4.84. The third-order valence-electron chi connectivity index (χ3n) is 4.05. The van der Waals surface area contributed by atoms with E-state index in [1.165, 1.54) is 27.7 Å². The lowest BCUT2D eigenvalue weighted by atomic mass is 10.0. The zero-order valence-corrected chi connectivity index (χ0v) is 11.5. The number of rotatable bonds is 1. The first-order valence-electron chi connectivity index (χ1n) is 6.50. The van der Waals surface area contributed by atoms with Gasteiger partial charge in [0, 0.05) is 37.1 Å². The van der Waals surface area contributed by atoms with Crippen LogP contribution in [0, 0.1) is 6.92 Å². The maximum Gasteiger partial charge on any atom is 0.119 e. The van der Waals surface area contributed by atoms with Crippen LogP contribution in [0.2, 0.25) is 0 Å². The highest BCUT2D eigenvalue weighted by molar-refractivity contribution is 5.89. The summed E-state index contributed by atoms with van der Waals surface area (Å²) in [6.07, 6.45) is 1.10. The molecule has 0 fully saturated rings.